The van der Waals surface area contributed by atoms with Crippen molar-refractivity contribution in [3.05, 3.63) is 42.1 Å². The molecule has 29 heavy (non-hydrogen) atoms. The Kier molecular flexibility index (Phi) is 5.11. The summed E-state index contributed by atoms with van der Waals surface area (Å²) >= 11 is 0. The molecule has 1 fully saturated rings. The molecule has 9 heteroatoms. The standard InChI is InChI=1S/C20H23N7O2/c1-27-10-15(16-18(21)23-11-24-19(16)27)17(28)12-7-14(9-22-8-12)26-20(29)25-13-5-3-2-4-6-13/h7-11,13H,2-6H2,1H3,(H2,21,23,24)(H2,25,26,29). The number of aromatic nitrogens is 4. The lowest BCUT2D eigenvalue weighted by Crippen LogP contribution is -2.39. The summed E-state index contributed by atoms with van der Waals surface area (Å²) in [6.07, 6.45) is 11.5. The summed E-state index contributed by atoms with van der Waals surface area (Å²) in [4.78, 5) is 37.7. The Labute approximate surface area is 167 Å². The second kappa shape index (κ2) is 7.86. The number of nitrogen functional groups attached to an aromatic ring is 1. The van der Waals surface area contributed by atoms with E-state index in [1.165, 1.54) is 25.1 Å². The van der Waals surface area contributed by atoms with Crippen LogP contribution < -0.4 is 16.4 Å². The zero-order chi connectivity index (χ0) is 20.4. The van der Waals surface area contributed by atoms with Gasteiger partial charge < -0.3 is 20.9 Å². The molecule has 0 unspecified atom stereocenters. The van der Waals surface area contributed by atoms with Gasteiger partial charge in [-0.2, -0.15) is 0 Å². The zero-order valence-corrected chi connectivity index (χ0v) is 16.2. The number of carbonyl (C=O) groups excluding carboxylic acids is 2. The number of amides is 2. The molecule has 9 nitrogen and oxygen atoms in total. The van der Waals surface area contributed by atoms with Crippen LogP contribution in [0.2, 0.25) is 0 Å². The van der Waals surface area contributed by atoms with Crippen molar-refractivity contribution in [1.29, 1.82) is 0 Å². The third kappa shape index (κ3) is 3.89. The van der Waals surface area contributed by atoms with Crippen molar-refractivity contribution in [1.82, 2.24) is 24.8 Å². The Balaban J connectivity index is 1.54. The van der Waals surface area contributed by atoms with Gasteiger partial charge in [0.15, 0.2) is 5.78 Å². The summed E-state index contributed by atoms with van der Waals surface area (Å²) < 4.78 is 1.73. The normalized spacial score (nSPS) is 14.7. The number of rotatable bonds is 4. The van der Waals surface area contributed by atoms with Gasteiger partial charge >= 0.3 is 6.03 Å². The summed E-state index contributed by atoms with van der Waals surface area (Å²) in [6.45, 7) is 0. The van der Waals surface area contributed by atoms with Gasteiger partial charge in [0.1, 0.15) is 17.8 Å². The van der Waals surface area contributed by atoms with E-state index in [-0.39, 0.29) is 23.7 Å². The highest BCUT2D eigenvalue weighted by Gasteiger charge is 2.20. The van der Waals surface area contributed by atoms with Crippen molar-refractivity contribution >= 4 is 34.4 Å². The van der Waals surface area contributed by atoms with Crippen molar-refractivity contribution in [3.63, 3.8) is 0 Å². The Morgan fingerprint density at radius 2 is 1.97 bits per heavy atom. The number of anilines is 2. The molecule has 1 saturated carbocycles. The first-order valence-corrected chi connectivity index (χ1v) is 9.65. The number of fused-ring (bicyclic) bond motifs is 1. The molecule has 4 rings (SSSR count). The molecule has 3 heterocycles. The quantitative estimate of drug-likeness (QED) is 0.585. The number of carbonyl (C=O) groups is 2. The van der Waals surface area contributed by atoms with Gasteiger partial charge in [-0.25, -0.2) is 14.8 Å². The number of nitrogens with zero attached hydrogens (tertiary/aromatic N) is 4. The van der Waals surface area contributed by atoms with Crippen LogP contribution in [0.4, 0.5) is 16.3 Å². The average molecular weight is 393 g/mol. The third-order valence-corrected chi connectivity index (χ3v) is 5.23. The van der Waals surface area contributed by atoms with E-state index in [9.17, 15) is 9.59 Å². The van der Waals surface area contributed by atoms with Crippen LogP contribution in [-0.4, -0.2) is 37.4 Å². The molecule has 3 aromatic heterocycles. The van der Waals surface area contributed by atoms with Gasteiger partial charge in [-0.1, -0.05) is 19.3 Å². The first kappa shape index (κ1) is 18.9. The van der Waals surface area contributed by atoms with Gasteiger partial charge in [0.2, 0.25) is 0 Å². The molecule has 0 aliphatic heterocycles. The van der Waals surface area contributed by atoms with E-state index in [0.29, 0.717) is 27.8 Å². The first-order chi connectivity index (χ1) is 14.0. The van der Waals surface area contributed by atoms with Crippen LogP contribution in [0.5, 0.6) is 0 Å². The van der Waals surface area contributed by atoms with Crippen LogP contribution in [0.3, 0.4) is 0 Å². The summed E-state index contributed by atoms with van der Waals surface area (Å²) in [6, 6.07) is 1.51. The molecular weight excluding hydrogens is 370 g/mol. The highest BCUT2D eigenvalue weighted by Crippen LogP contribution is 2.26. The summed E-state index contributed by atoms with van der Waals surface area (Å²) in [5.41, 5.74) is 7.74. The maximum atomic E-state index is 13.1. The van der Waals surface area contributed by atoms with E-state index in [1.54, 1.807) is 23.9 Å². The van der Waals surface area contributed by atoms with Crippen molar-refractivity contribution in [2.45, 2.75) is 38.1 Å². The predicted octanol–water partition coefficient (Wildman–Crippen LogP) is 2.63. The van der Waals surface area contributed by atoms with E-state index < -0.39 is 0 Å². The smallest absolute Gasteiger partial charge is 0.319 e. The van der Waals surface area contributed by atoms with Crippen LogP contribution in [0.15, 0.2) is 31.0 Å². The molecule has 150 valence electrons. The zero-order valence-electron chi connectivity index (χ0n) is 16.2. The van der Waals surface area contributed by atoms with Crippen molar-refractivity contribution in [2.24, 2.45) is 7.05 Å². The van der Waals surface area contributed by atoms with Crippen molar-refractivity contribution in [3.8, 4) is 0 Å². The molecule has 0 bridgehead atoms. The van der Waals surface area contributed by atoms with Gasteiger partial charge in [0, 0.05) is 31.0 Å². The second-order valence-corrected chi connectivity index (χ2v) is 7.34. The molecule has 3 aromatic rings. The van der Waals surface area contributed by atoms with Gasteiger partial charge in [-0.15, -0.1) is 0 Å². The fraction of sp³-hybridized carbons (Fsp3) is 0.350. The number of hydrogen-bond donors (Lipinski definition) is 3. The molecular formula is C20H23N7O2. The molecule has 0 radical (unpaired) electrons. The third-order valence-electron chi connectivity index (χ3n) is 5.23. The Bertz CT molecular complexity index is 1070. The summed E-state index contributed by atoms with van der Waals surface area (Å²) in [5, 5.41) is 6.26. The van der Waals surface area contributed by atoms with Crippen LogP contribution in [0.1, 0.15) is 48.0 Å². The maximum absolute atomic E-state index is 13.1. The Hall–Kier alpha value is -3.49. The minimum atomic E-state index is -0.286. The van der Waals surface area contributed by atoms with Crippen molar-refractivity contribution in [2.75, 3.05) is 11.1 Å². The number of ketones is 1. The van der Waals surface area contributed by atoms with E-state index in [0.717, 1.165) is 25.7 Å². The predicted molar refractivity (Wildman–Crippen MR) is 110 cm³/mol. The fourth-order valence-corrected chi connectivity index (χ4v) is 3.79. The van der Waals surface area contributed by atoms with E-state index in [4.69, 9.17) is 5.73 Å². The van der Waals surface area contributed by atoms with Crippen molar-refractivity contribution < 1.29 is 9.59 Å². The number of nitrogens with one attached hydrogen (secondary N) is 2. The molecule has 1 aliphatic carbocycles. The molecule has 0 spiro atoms. The highest BCUT2D eigenvalue weighted by molar-refractivity contribution is 6.18. The van der Waals surface area contributed by atoms with Crippen LogP contribution in [0.25, 0.3) is 11.0 Å². The lowest BCUT2D eigenvalue weighted by Gasteiger charge is -2.22. The Morgan fingerprint density at radius 1 is 1.17 bits per heavy atom. The van der Waals surface area contributed by atoms with Gasteiger partial charge in [-0.05, 0) is 18.9 Å². The molecule has 0 saturated heterocycles. The monoisotopic (exact) mass is 393 g/mol. The number of aryl methyl sites for hydroxylation is 1. The lowest BCUT2D eigenvalue weighted by molar-refractivity contribution is 0.103. The van der Waals surface area contributed by atoms with Crippen LogP contribution in [0, 0.1) is 0 Å². The molecule has 0 aromatic carbocycles. The number of pyridine rings is 1. The molecule has 0 atom stereocenters. The SMILES string of the molecule is Cn1cc(C(=O)c2cncc(NC(=O)NC3CCCCC3)c2)c2c(N)ncnc21. The van der Waals surface area contributed by atoms with E-state index >= 15 is 0 Å². The number of nitrogens with two attached hydrogens (primary N) is 1. The Morgan fingerprint density at radius 3 is 2.76 bits per heavy atom. The second-order valence-electron chi connectivity index (χ2n) is 7.34. The first-order valence-electron chi connectivity index (χ1n) is 9.65. The number of hydrogen-bond acceptors (Lipinski definition) is 6. The van der Waals surface area contributed by atoms with Gasteiger partial charge in [0.05, 0.1) is 22.8 Å². The van der Waals surface area contributed by atoms with Crippen LogP contribution >= 0.6 is 0 Å². The molecule has 1 aliphatic rings. The minimum absolute atomic E-state index is 0.195. The largest absolute Gasteiger partial charge is 0.383 e. The van der Waals surface area contributed by atoms with Crippen LogP contribution in [-0.2, 0) is 7.05 Å². The van der Waals surface area contributed by atoms with Gasteiger partial charge in [0.25, 0.3) is 0 Å². The molecule has 2 amide bonds. The average Bonchev–Trinajstić information content (AvgIpc) is 3.06. The summed E-state index contributed by atoms with van der Waals surface area (Å²) in [7, 11) is 1.79. The topological polar surface area (TPSA) is 128 Å². The lowest BCUT2D eigenvalue weighted by atomic mass is 9.96. The van der Waals surface area contributed by atoms with E-state index in [1.807, 2.05) is 0 Å². The van der Waals surface area contributed by atoms with Gasteiger partial charge in [-0.3, -0.25) is 9.78 Å². The minimum Gasteiger partial charge on any atom is -0.383 e. The molecule has 4 N–H and O–H groups in total. The summed E-state index contributed by atoms with van der Waals surface area (Å²) in [5.74, 6) is -0.0195. The maximum Gasteiger partial charge on any atom is 0.319 e. The highest BCUT2D eigenvalue weighted by atomic mass is 16.2. The van der Waals surface area contributed by atoms with E-state index in [2.05, 4.69) is 25.6 Å². The number of urea groups is 1. The fourth-order valence-electron chi connectivity index (χ4n) is 3.79.